The Labute approximate surface area is 127 Å². The zero-order valence-electron chi connectivity index (χ0n) is 11.5. The summed E-state index contributed by atoms with van der Waals surface area (Å²) < 4.78 is 0. The van der Waals surface area contributed by atoms with Crippen LogP contribution in [-0.4, -0.2) is 11.0 Å². The monoisotopic (exact) mass is 309 g/mol. The Balaban J connectivity index is 1.99. The van der Waals surface area contributed by atoms with Gasteiger partial charge in [-0.1, -0.05) is 31.5 Å². The second kappa shape index (κ2) is 6.24. The van der Waals surface area contributed by atoms with Crippen LogP contribution in [0.25, 0.3) is 0 Å². The van der Waals surface area contributed by atoms with Gasteiger partial charge < -0.3 is 5.32 Å². The van der Waals surface area contributed by atoms with Crippen LogP contribution in [0.2, 0.25) is 5.02 Å². The third kappa shape index (κ3) is 3.71. The first-order valence-electron chi connectivity index (χ1n) is 6.25. The summed E-state index contributed by atoms with van der Waals surface area (Å²) >= 11 is 7.49. The highest BCUT2D eigenvalue weighted by Crippen LogP contribution is 2.25. The van der Waals surface area contributed by atoms with Crippen LogP contribution in [0, 0.1) is 6.92 Å². The molecular weight excluding hydrogens is 294 g/mol. The molecule has 0 radical (unpaired) electrons. The highest BCUT2D eigenvalue weighted by atomic mass is 35.5. The van der Waals surface area contributed by atoms with Gasteiger partial charge in [-0.25, -0.2) is 9.78 Å². The van der Waals surface area contributed by atoms with Gasteiger partial charge in [0.25, 0.3) is 0 Å². The van der Waals surface area contributed by atoms with Crippen molar-refractivity contribution in [1.82, 2.24) is 4.98 Å². The Morgan fingerprint density at radius 3 is 2.70 bits per heavy atom. The molecule has 0 aliphatic rings. The van der Waals surface area contributed by atoms with Gasteiger partial charge in [0.15, 0.2) is 5.13 Å². The number of aryl methyl sites for hydroxylation is 1. The molecule has 6 heteroatoms. The lowest BCUT2D eigenvalue weighted by Crippen LogP contribution is -2.19. The van der Waals surface area contributed by atoms with Crippen molar-refractivity contribution in [1.29, 1.82) is 0 Å². The lowest BCUT2D eigenvalue weighted by molar-refractivity contribution is 0.262. The highest BCUT2D eigenvalue weighted by Gasteiger charge is 2.09. The van der Waals surface area contributed by atoms with E-state index in [2.05, 4.69) is 29.5 Å². The van der Waals surface area contributed by atoms with E-state index in [1.807, 2.05) is 19.1 Å². The number of urea groups is 1. The number of benzene rings is 1. The van der Waals surface area contributed by atoms with E-state index in [4.69, 9.17) is 11.6 Å². The summed E-state index contributed by atoms with van der Waals surface area (Å²) in [5, 5.41) is 6.65. The molecule has 0 saturated heterocycles. The van der Waals surface area contributed by atoms with Crippen LogP contribution < -0.4 is 10.6 Å². The van der Waals surface area contributed by atoms with Crippen molar-refractivity contribution < 1.29 is 4.79 Å². The molecule has 0 aliphatic carbocycles. The van der Waals surface area contributed by atoms with Gasteiger partial charge in [0, 0.05) is 21.8 Å². The molecule has 1 aromatic heterocycles. The van der Waals surface area contributed by atoms with E-state index in [-0.39, 0.29) is 6.03 Å². The molecule has 2 N–H and O–H groups in total. The molecule has 4 nitrogen and oxygen atoms in total. The number of rotatable bonds is 3. The Hall–Kier alpha value is -1.59. The molecular formula is C14H16ClN3OS. The van der Waals surface area contributed by atoms with Gasteiger partial charge in [0.1, 0.15) is 0 Å². The van der Waals surface area contributed by atoms with Crippen LogP contribution in [0.15, 0.2) is 24.4 Å². The third-order valence-corrected chi connectivity index (χ3v) is 4.36. The van der Waals surface area contributed by atoms with Gasteiger partial charge in [-0.05, 0) is 30.5 Å². The zero-order valence-corrected chi connectivity index (χ0v) is 13.1. The first-order chi connectivity index (χ1) is 9.45. The van der Waals surface area contributed by atoms with Crippen LogP contribution in [0.1, 0.15) is 30.2 Å². The van der Waals surface area contributed by atoms with E-state index in [9.17, 15) is 4.79 Å². The summed E-state index contributed by atoms with van der Waals surface area (Å²) in [6, 6.07) is 5.06. The maximum absolute atomic E-state index is 11.9. The number of hydrogen-bond acceptors (Lipinski definition) is 3. The molecule has 0 aliphatic heterocycles. The number of carbonyl (C=O) groups is 1. The number of hydrogen-bond donors (Lipinski definition) is 2. The molecule has 1 heterocycles. The van der Waals surface area contributed by atoms with E-state index in [0.29, 0.717) is 21.8 Å². The fourth-order valence-electron chi connectivity index (χ4n) is 1.54. The summed E-state index contributed by atoms with van der Waals surface area (Å²) in [7, 11) is 0. The van der Waals surface area contributed by atoms with Gasteiger partial charge >= 0.3 is 6.03 Å². The Morgan fingerprint density at radius 1 is 1.35 bits per heavy atom. The number of carbonyl (C=O) groups excluding carboxylic acids is 1. The SMILES string of the molecule is Cc1ccc(NC(=O)Nc2ncc(C(C)C)s2)cc1Cl. The molecule has 0 spiro atoms. The molecule has 2 amide bonds. The Kier molecular flexibility index (Phi) is 4.62. The normalized spacial score (nSPS) is 10.7. The second-order valence-corrected chi connectivity index (χ2v) is 6.23. The summed E-state index contributed by atoms with van der Waals surface area (Å²) in [6.07, 6.45) is 1.79. The van der Waals surface area contributed by atoms with Crippen LogP contribution in [0.5, 0.6) is 0 Å². The number of thiazole rings is 1. The first kappa shape index (κ1) is 14.8. The largest absolute Gasteiger partial charge is 0.325 e. The van der Waals surface area contributed by atoms with E-state index in [1.54, 1.807) is 12.3 Å². The van der Waals surface area contributed by atoms with E-state index in [1.165, 1.54) is 11.3 Å². The average molecular weight is 310 g/mol. The number of halogens is 1. The standard InChI is InChI=1S/C14H16ClN3OS/c1-8(2)12-7-16-14(20-12)18-13(19)17-10-5-4-9(3)11(15)6-10/h4-8H,1-3H3,(H2,16,17,18,19). The predicted molar refractivity (Wildman–Crippen MR) is 85.0 cm³/mol. The summed E-state index contributed by atoms with van der Waals surface area (Å²) in [5.74, 6) is 0.405. The van der Waals surface area contributed by atoms with Gasteiger partial charge in [-0.3, -0.25) is 5.32 Å². The minimum Gasteiger partial charge on any atom is -0.308 e. The molecule has 2 rings (SSSR count). The van der Waals surface area contributed by atoms with Crippen LogP contribution >= 0.6 is 22.9 Å². The fourth-order valence-corrected chi connectivity index (χ4v) is 2.54. The van der Waals surface area contributed by atoms with Crippen molar-refractivity contribution in [2.24, 2.45) is 0 Å². The van der Waals surface area contributed by atoms with E-state index >= 15 is 0 Å². The maximum Gasteiger partial charge on any atom is 0.325 e. The Bertz CT molecular complexity index is 625. The second-order valence-electron chi connectivity index (χ2n) is 4.77. The van der Waals surface area contributed by atoms with Gasteiger partial charge in [0.2, 0.25) is 0 Å². The molecule has 20 heavy (non-hydrogen) atoms. The van der Waals surface area contributed by atoms with Crippen molar-refractivity contribution in [3.63, 3.8) is 0 Å². The van der Waals surface area contributed by atoms with Crippen molar-refractivity contribution in [2.75, 3.05) is 10.6 Å². The molecule has 0 fully saturated rings. The fraction of sp³-hybridized carbons (Fsp3) is 0.286. The van der Waals surface area contributed by atoms with E-state index < -0.39 is 0 Å². The zero-order chi connectivity index (χ0) is 14.7. The van der Waals surface area contributed by atoms with Crippen LogP contribution in [0.4, 0.5) is 15.6 Å². The van der Waals surface area contributed by atoms with Crippen LogP contribution in [0.3, 0.4) is 0 Å². The molecule has 0 saturated carbocycles. The van der Waals surface area contributed by atoms with Crippen molar-refractivity contribution in [3.05, 3.63) is 39.9 Å². The third-order valence-electron chi connectivity index (χ3n) is 2.74. The smallest absolute Gasteiger partial charge is 0.308 e. The maximum atomic E-state index is 11.9. The minimum absolute atomic E-state index is 0.324. The Morgan fingerprint density at radius 2 is 2.10 bits per heavy atom. The number of nitrogens with zero attached hydrogens (tertiary/aromatic N) is 1. The molecule has 106 valence electrons. The number of anilines is 2. The number of aromatic nitrogens is 1. The lowest BCUT2D eigenvalue weighted by atomic mass is 10.2. The number of nitrogens with one attached hydrogen (secondary N) is 2. The summed E-state index contributed by atoms with van der Waals surface area (Å²) in [4.78, 5) is 17.2. The predicted octanol–water partition coefficient (Wildman–Crippen LogP) is 4.87. The average Bonchev–Trinajstić information content (AvgIpc) is 2.82. The van der Waals surface area contributed by atoms with Gasteiger partial charge in [-0.2, -0.15) is 0 Å². The minimum atomic E-state index is -0.324. The summed E-state index contributed by atoms with van der Waals surface area (Å²) in [6.45, 7) is 6.09. The lowest BCUT2D eigenvalue weighted by Gasteiger charge is -2.06. The summed E-state index contributed by atoms with van der Waals surface area (Å²) in [5.41, 5.74) is 1.62. The van der Waals surface area contributed by atoms with E-state index in [0.717, 1.165) is 10.4 Å². The topological polar surface area (TPSA) is 54.0 Å². The van der Waals surface area contributed by atoms with Crippen molar-refractivity contribution in [2.45, 2.75) is 26.7 Å². The van der Waals surface area contributed by atoms with Gasteiger partial charge in [-0.15, -0.1) is 11.3 Å². The highest BCUT2D eigenvalue weighted by molar-refractivity contribution is 7.15. The molecule has 0 atom stereocenters. The number of amides is 2. The quantitative estimate of drug-likeness (QED) is 0.849. The van der Waals surface area contributed by atoms with Crippen molar-refractivity contribution >= 4 is 39.8 Å². The van der Waals surface area contributed by atoms with Crippen LogP contribution in [-0.2, 0) is 0 Å². The molecule has 0 bridgehead atoms. The first-order valence-corrected chi connectivity index (χ1v) is 7.45. The van der Waals surface area contributed by atoms with Gasteiger partial charge in [0.05, 0.1) is 0 Å². The molecule has 1 aromatic carbocycles. The van der Waals surface area contributed by atoms with Crippen molar-refractivity contribution in [3.8, 4) is 0 Å². The molecule has 0 unspecified atom stereocenters. The molecule has 2 aromatic rings.